The standard InChI is InChI=1S/C20H27N3O5S2/c1-26-17-14-15(21-7-3-8-23-9-11-28-12-10-23)4-5-16(17)22-30(25)18-6-13-29-19(18)20(24)27-2/h4-6,13-14,21-22H,3,7-12H2,1-2H3. The molecule has 1 fully saturated rings. The summed E-state index contributed by atoms with van der Waals surface area (Å²) in [4.78, 5) is 14.9. The molecule has 1 atom stereocenters. The zero-order valence-corrected chi connectivity index (χ0v) is 18.8. The molecule has 1 aliphatic heterocycles. The summed E-state index contributed by atoms with van der Waals surface area (Å²) in [7, 11) is 1.25. The number of hydrogen-bond acceptors (Lipinski definition) is 8. The molecule has 2 aromatic rings. The number of carbonyl (C=O) groups is 1. The fourth-order valence-electron chi connectivity index (χ4n) is 3.09. The number of carbonyl (C=O) groups excluding carboxylic acids is 1. The molecule has 0 saturated carbocycles. The number of thiophene rings is 1. The van der Waals surface area contributed by atoms with Gasteiger partial charge in [-0.05, 0) is 36.5 Å². The second kappa shape index (κ2) is 11.3. The second-order valence-corrected chi connectivity index (χ2v) is 8.72. The van der Waals surface area contributed by atoms with Crippen molar-refractivity contribution in [1.82, 2.24) is 4.90 Å². The van der Waals surface area contributed by atoms with E-state index in [-0.39, 0.29) is 0 Å². The first-order valence-corrected chi connectivity index (χ1v) is 11.7. The van der Waals surface area contributed by atoms with Crippen molar-refractivity contribution in [3.8, 4) is 5.75 Å². The van der Waals surface area contributed by atoms with Crippen molar-refractivity contribution >= 4 is 39.7 Å². The maximum absolute atomic E-state index is 12.7. The molecule has 8 nitrogen and oxygen atoms in total. The number of anilines is 2. The van der Waals surface area contributed by atoms with Crippen molar-refractivity contribution in [3.05, 3.63) is 34.5 Å². The summed E-state index contributed by atoms with van der Waals surface area (Å²) >= 11 is 1.20. The molecule has 0 radical (unpaired) electrons. The highest BCUT2D eigenvalue weighted by atomic mass is 32.2. The third-order valence-corrected chi connectivity index (χ3v) is 6.86. The highest BCUT2D eigenvalue weighted by Gasteiger charge is 2.19. The first-order chi connectivity index (χ1) is 14.6. The Balaban J connectivity index is 1.56. The van der Waals surface area contributed by atoms with Gasteiger partial charge in [0.1, 0.15) is 10.6 Å². The minimum Gasteiger partial charge on any atom is -0.494 e. The van der Waals surface area contributed by atoms with Crippen LogP contribution in [0.5, 0.6) is 5.75 Å². The van der Waals surface area contributed by atoms with E-state index in [1.54, 1.807) is 18.6 Å². The summed E-state index contributed by atoms with van der Waals surface area (Å²) in [5.74, 6) is 0.0649. The topological polar surface area (TPSA) is 89.1 Å². The molecule has 0 aliphatic carbocycles. The van der Waals surface area contributed by atoms with E-state index < -0.39 is 17.0 Å². The minimum absolute atomic E-state index is 0.320. The number of rotatable bonds is 10. The molecule has 10 heteroatoms. The van der Waals surface area contributed by atoms with Gasteiger partial charge in [0.15, 0.2) is 11.0 Å². The Morgan fingerprint density at radius 3 is 2.80 bits per heavy atom. The smallest absolute Gasteiger partial charge is 0.349 e. The molecule has 0 bridgehead atoms. The van der Waals surface area contributed by atoms with Gasteiger partial charge in [-0.3, -0.25) is 9.62 Å². The summed E-state index contributed by atoms with van der Waals surface area (Å²) in [6.45, 7) is 5.49. The third kappa shape index (κ3) is 5.94. The second-order valence-electron chi connectivity index (χ2n) is 6.63. The van der Waals surface area contributed by atoms with Gasteiger partial charge < -0.3 is 19.5 Å². The Hall–Kier alpha value is -2.14. The van der Waals surface area contributed by atoms with Gasteiger partial charge in [-0.25, -0.2) is 9.00 Å². The largest absolute Gasteiger partial charge is 0.494 e. The van der Waals surface area contributed by atoms with Crippen LogP contribution < -0.4 is 14.8 Å². The van der Waals surface area contributed by atoms with E-state index in [1.165, 1.54) is 18.4 Å². The summed E-state index contributed by atoms with van der Waals surface area (Å²) in [6, 6.07) is 7.23. The van der Waals surface area contributed by atoms with Crippen LogP contribution in [0.2, 0.25) is 0 Å². The number of esters is 1. The molecule has 2 N–H and O–H groups in total. The molecule has 0 amide bonds. The maximum Gasteiger partial charge on any atom is 0.349 e. The predicted octanol–water partition coefficient (Wildman–Crippen LogP) is 2.81. The molecule has 30 heavy (non-hydrogen) atoms. The van der Waals surface area contributed by atoms with Gasteiger partial charge in [-0.1, -0.05) is 0 Å². The lowest BCUT2D eigenvalue weighted by Crippen LogP contribution is -2.37. The molecule has 164 valence electrons. The SMILES string of the molecule is COC(=O)c1sccc1S(=O)Nc1ccc(NCCCN2CCOCC2)cc1OC. The maximum atomic E-state index is 12.7. The number of morpholine rings is 1. The highest BCUT2D eigenvalue weighted by molar-refractivity contribution is 7.86. The number of nitrogens with zero attached hydrogens (tertiary/aromatic N) is 1. The van der Waals surface area contributed by atoms with Crippen LogP contribution in [0.15, 0.2) is 34.5 Å². The van der Waals surface area contributed by atoms with Gasteiger partial charge in [-0.2, -0.15) is 0 Å². The molecule has 2 heterocycles. The molecule has 1 saturated heterocycles. The Morgan fingerprint density at radius 1 is 1.27 bits per heavy atom. The Labute approximate surface area is 183 Å². The molecule has 1 aromatic carbocycles. The lowest BCUT2D eigenvalue weighted by atomic mass is 10.2. The molecular formula is C20H27N3O5S2. The van der Waals surface area contributed by atoms with Gasteiger partial charge in [0, 0.05) is 31.4 Å². The van der Waals surface area contributed by atoms with E-state index in [4.69, 9.17) is 14.2 Å². The van der Waals surface area contributed by atoms with Crippen LogP contribution in [0.4, 0.5) is 11.4 Å². The van der Waals surface area contributed by atoms with Crippen molar-refractivity contribution in [2.45, 2.75) is 11.3 Å². The van der Waals surface area contributed by atoms with Gasteiger partial charge >= 0.3 is 5.97 Å². The molecular weight excluding hydrogens is 426 g/mol. The van der Waals surface area contributed by atoms with Crippen molar-refractivity contribution in [1.29, 1.82) is 0 Å². The molecule has 1 unspecified atom stereocenters. The van der Waals surface area contributed by atoms with Gasteiger partial charge in [0.25, 0.3) is 0 Å². The Morgan fingerprint density at radius 2 is 2.07 bits per heavy atom. The number of nitrogens with one attached hydrogen (secondary N) is 2. The van der Waals surface area contributed by atoms with E-state index in [0.29, 0.717) is 21.2 Å². The third-order valence-electron chi connectivity index (χ3n) is 4.69. The molecule has 1 aromatic heterocycles. The average molecular weight is 454 g/mol. The number of methoxy groups -OCH3 is 2. The zero-order chi connectivity index (χ0) is 21.3. The number of ether oxygens (including phenoxy) is 3. The summed E-state index contributed by atoms with van der Waals surface area (Å²) in [5, 5.41) is 5.11. The van der Waals surface area contributed by atoms with Crippen LogP contribution in [-0.4, -0.2) is 68.7 Å². The van der Waals surface area contributed by atoms with Crippen molar-refractivity contribution in [2.75, 3.05) is 63.7 Å². The summed E-state index contributed by atoms with van der Waals surface area (Å²) in [5.41, 5.74) is 1.51. The minimum atomic E-state index is -1.62. The van der Waals surface area contributed by atoms with E-state index in [1.807, 2.05) is 18.2 Å². The Kier molecular flexibility index (Phi) is 8.50. The molecule has 1 aliphatic rings. The average Bonchev–Trinajstić information content (AvgIpc) is 3.28. The number of benzene rings is 1. The van der Waals surface area contributed by atoms with E-state index in [0.717, 1.165) is 51.5 Å². The first-order valence-electron chi connectivity index (χ1n) is 9.68. The quantitative estimate of drug-likeness (QED) is 0.422. The molecule has 3 rings (SSSR count). The normalized spacial score (nSPS) is 15.4. The zero-order valence-electron chi connectivity index (χ0n) is 17.1. The van der Waals surface area contributed by atoms with E-state index in [2.05, 4.69) is 14.9 Å². The van der Waals surface area contributed by atoms with Crippen molar-refractivity contribution < 1.29 is 23.2 Å². The molecule has 0 spiro atoms. The van der Waals surface area contributed by atoms with E-state index >= 15 is 0 Å². The van der Waals surface area contributed by atoms with Gasteiger partial charge in [-0.15, -0.1) is 11.3 Å². The lowest BCUT2D eigenvalue weighted by molar-refractivity contribution is 0.0378. The highest BCUT2D eigenvalue weighted by Crippen LogP contribution is 2.30. The van der Waals surface area contributed by atoms with Crippen LogP contribution in [0, 0.1) is 0 Å². The van der Waals surface area contributed by atoms with Gasteiger partial charge in [0.2, 0.25) is 0 Å². The van der Waals surface area contributed by atoms with Gasteiger partial charge in [0.05, 0.1) is 38.0 Å². The Bertz CT molecular complexity index is 868. The van der Waals surface area contributed by atoms with Crippen LogP contribution in [0.3, 0.4) is 0 Å². The van der Waals surface area contributed by atoms with E-state index in [9.17, 15) is 9.00 Å². The van der Waals surface area contributed by atoms with Crippen molar-refractivity contribution in [3.63, 3.8) is 0 Å². The van der Waals surface area contributed by atoms with Crippen LogP contribution >= 0.6 is 11.3 Å². The number of hydrogen-bond donors (Lipinski definition) is 2. The van der Waals surface area contributed by atoms with Crippen LogP contribution in [0.1, 0.15) is 16.1 Å². The monoisotopic (exact) mass is 453 g/mol. The fourth-order valence-corrected chi connectivity index (χ4v) is 5.17. The van der Waals surface area contributed by atoms with Crippen LogP contribution in [0.25, 0.3) is 0 Å². The fraction of sp³-hybridized carbons (Fsp3) is 0.450. The summed E-state index contributed by atoms with van der Waals surface area (Å²) < 4.78 is 31.2. The lowest BCUT2D eigenvalue weighted by Gasteiger charge is -2.26. The first kappa shape index (κ1) is 22.5. The predicted molar refractivity (Wildman–Crippen MR) is 119 cm³/mol. The van der Waals surface area contributed by atoms with Crippen molar-refractivity contribution in [2.24, 2.45) is 0 Å². The van der Waals surface area contributed by atoms with Crippen LogP contribution in [-0.2, 0) is 20.5 Å². The summed E-state index contributed by atoms with van der Waals surface area (Å²) in [6.07, 6.45) is 1.03.